The molecule has 0 atom stereocenters. The van der Waals surface area contributed by atoms with Crippen LogP contribution >= 0.6 is 24.8 Å². The van der Waals surface area contributed by atoms with Crippen molar-refractivity contribution in [1.82, 2.24) is 19.9 Å². The fourth-order valence-electron chi connectivity index (χ4n) is 2.66. The summed E-state index contributed by atoms with van der Waals surface area (Å²) in [6.07, 6.45) is 3.37. The molecule has 1 N–H and O–H groups in total. The Bertz CT molecular complexity index is 1050. The second kappa shape index (κ2) is 8.08. The molecule has 0 saturated carbocycles. The topological polar surface area (TPSA) is 71.5 Å². The average molecular weight is 387 g/mol. The van der Waals surface area contributed by atoms with Crippen molar-refractivity contribution in [3.05, 3.63) is 77.9 Å². The van der Waals surface area contributed by atoms with E-state index in [0.29, 0.717) is 11.3 Å². The molecular formula is C19H16Cl2N4O. The molecule has 7 heteroatoms. The van der Waals surface area contributed by atoms with E-state index in [9.17, 15) is 4.79 Å². The third kappa shape index (κ3) is 3.59. The average Bonchev–Trinajstić information content (AvgIpc) is 3.05. The van der Waals surface area contributed by atoms with Crippen LogP contribution in [0.5, 0.6) is 0 Å². The van der Waals surface area contributed by atoms with E-state index in [1.165, 1.54) is 0 Å². The number of aryl methyl sites for hydroxylation is 1. The lowest BCUT2D eigenvalue weighted by Crippen LogP contribution is -2.03. The van der Waals surface area contributed by atoms with Crippen LogP contribution in [0.3, 0.4) is 0 Å². The summed E-state index contributed by atoms with van der Waals surface area (Å²) in [6.45, 7) is 1.94. The number of carbonyl (C=O) groups is 1. The minimum Gasteiger partial charge on any atom is -0.338 e. The molecule has 26 heavy (non-hydrogen) atoms. The summed E-state index contributed by atoms with van der Waals surface area (Å²) in [5.41, 5.74) is 4.49. The van der Waals surface area contributed by atoms with E-state index in [4.69, 9.17) is 0 Å². The van der Waals surface area contributed by atoms with Gasteiger partial charge in [0.25, 0.3) is 0 Å². The van der Waals surface area contributed by atoms with Gasteiger partial charge in [0, 0.05) is 29.2 Å². The molecule has 0 aliphatic rings. The van der Waals surface area contributed by atoms with Gasteiger partial charge in [-0.2, -0.15) is 0 Å². The number of nitrogens with zero attached hydrogens (tertiary/aromatic N) is 3. The first-order chi connectivity index (χ1) is 11.7. The minimum atomic E-state index is -0.105. The Balaban J connectivity index is 0.00000121. The maximum Gasteiger partial charge on any atom is 0.211 e. The molecule has 0 aliphatic heterocycles. The molecule has 0 amide bonds. The standard InChI is InChI=1S/C19H14N4O.2ClH/c1-12-14(5-4-10-20-12)19-22-15-8-7-13(11-17(15)23-19)18(24)16-6-2-3-9-21-16;;/h2-11H,1H3,(H,22,23);2*1H. The molecule has 0 fully saturated rings. The zero-order valence-corrected chi connectivity index (χ0v) is 15.5. The highest BCUT2D eigenvalue weighted by Crippen LogP contribution is 2.23. The Labute approximate surface area is 162 Å². The molecule has 0 radical (unpaired) electrons. The number of halogens is 2. The van der Waals surface area contributed by atoms with Gasteiger partial charge in [0.2, 0.25) is 5.78 Å². The Morgan fingerprint density at radius 3 is 2.50 bits per heavy atom. The first-order valence-electron chi connectivity index (χ1n) is 7.60. The van der Waals surface area contributed by atoms with Gasteiger partial charge in [-0.15, -0.1) is 24.8 Å². The molecule has 5 nitrogen and oxygen atoms in total. The zero-order chi connectivity index (χ0) is 16.5. The van der Waals surface area contributed by atoms with Crippen LogP contribution in [-0.2, 0) is 0 Å². The summed E-state index contributed by atoms with van der Waals surface area (Å²) >= 11 is 0. The molecule has 4 aromatic rings. The number of nitrogens with one attached hydrogen (secondary N) is 1. The number of aromatic amines is 1. The fourth-order valence-corrected chi connectivity index (χ4v) is 2.66. The third-order valence-electron chi connectivity index (χ3n) is 3.90. The minimum absolute atomic E-state index is 0. The first-order valence-corrected chi connectivity index (χ1v) is 7.60. The van der Waals surface area contributed by atoms with Gasteiger partial charge < -0.3 is 4.98 Å². The summed E-state index contributed by atoms with van der Waals surface area (Å²) in [6, 6.07) is 14.6. The van der Waals surface area contributed by atoms with Crippen LogP contribution in [0.1, 0.15) is 21.7 Å². The van der Waals surface area contributed by atoms with Crippen molar-refractivity contribution in [2.24, 2.45) is 0 Å². The van der Waals surface area contributed by atoms with E-state index >= 15 is 0 Å². The van der Waals surface area contributed by atoms with Gasteiger partial charge in [0.1, 0.15) is 11.5 Å². The fraction of sp³-hybridized carbons (Fsp3) is 0.0526. The lowest BCUT2D eigenvalue weighted by molar-refractivity contribution is 0.103. The highest BCUT2D eigenvalue weighted by Gasteiger charge is 2.13. The number of carbonyl (C=O) groups excluding carboxylic acids is 1. The number of benzene rings is 1. The number of fused-ring (bicyclic) bond motifs is 1. The summed E-state index contributed by atoms with van der Waals surface area (Å²) in [4.78, 5) is 28.8. The summed E-state index contributed by atoms with van der Waals surface area (Å²) < 4.78 is 0. The number of hydrogen-bond acceptors (Lipinski definition) is 4. The number of rotatable bonds is 3. The van der Waals surface area contributed by atoms with Crippen molar-refractivity contribution in [3.8, 4) is 11.4 Å². The molecule has 132 valence electrons. The van der Waals surface area contributed by atoms with Gasteiger partial charge in [0.15, 0.2) is 0 Å². The molecule has 0 aliphatic carbocycles. The van der Waals surface area contributed by atoms with Crippen LogP contribution in [-0.4, -0.2) is 25.7 Å². The number of pyridine rings is 2. The van der Waals surface area contributed by atoms with Crippen LogP contribution < -0.4 is 0 Å². The highest BCUT2D eigenvalue weighted by molar-refractivity contribution is 6.09. The van der Waals surface area contributed by atoms with Crippen molar-refractivity contribution in [2.75, 3.05) is 0 Å². The van der Waals surface area contributed by atoms with Gasteiger partial charge in [-0.25, -0.2) is 4.98 Å². The van der Waals surface area contributed by atoms with Gasteiger partial charge >= 0.3 is 0 Å². The lowest BCUT2D eigenvalue weighted by atomic mass is 10.1. The van der Waals surface area contributed by atoms with Crippen molar-refractivity contribution in [1.29, 1.82) is 0 Å². The van der Waals surface area contributed by atoms with Crippen molar-refractivity contribution in [2.45, 2.75) is 6.92 Å². The van der Waals surface area contributed by atoms with Gasteiger partial charge in [-0.3, -0.25) is 14.8 Å². The van der Waals surface area contributed by atoms with E-state index in [1.54, 1.807) is 36.7 Å². The predicted molar refractivity (Wildman–Crippen MR) is 106 cm³/mol. The van der Waals surface area contributed by atoms with Crippen molar-refractivity contribution in [3.63, 3.8) is 0 Å². The van der Waals surface area contributed by atoms with Gasteiger partial charge in [-0.1, -0.05) is 6.07 Å². The smallest absolute Gasteiger partial charge is 0.211 e. The van der Waals surface area contributed by atoms with E-state index < -0.39 is 0 Å². The van der Waals surface area contributed by atoms with Crippen LogP contribution in [0.15, 0.2) is 60.9 Å². The molecule has 0 bridgehead atoms. The normalized spacial score (nSPS) is 10.0. The van der Waals surface area contributed by atoms with Crippen LogP contribution in [0.2, 0.25) is 0 Å². The number of H-pyrrole nitrogens is 1. The van der Waals surface area contributed by atoms with Crippen molar-refractivity contribution >= 4 is 41.6 Å². The summed E-state index contributed by atoms with van der Waals surface area (Å²) in [5, 5.41) is 0. The molecule has 1 aromatic carbocycles. The largest absolute Gasteiger partial charge is 0.338 e. The quantitative estimate of drug-likeness (QED) is 0.529. The lowest BCUT2D eigenvalue weighted by Gasteiger charge is -2.00. The Morgan fingerprint density at radius 2 is 1.77 bits per heavy atom. The van der Waals surface area contributed by atoms with E-state index in [-0.39, 0.29) is 30.6 Å². The van der Waals surface area contributed by atoms with E-state index in [1.807, 2.05) is 31.2 Å². The van der Waals surface area contributed by atoms with Gasteiger partial charge in [0.05, 0.1) is 11.0 Å². The van der Waals surface area contributed by atoms with Crippen LogP contribution in [0.25, 0.3) is 22.4 Å². The van der Waals surface area contributed by atoms with Crippen molar-refractivity contribution < 1.29 is 4.79 Å². The van der Waals surface area contributed by atoms with Gasteiger partial charge in [-0.05, 0) is 49.4 Å². The van der Waals surface area contributed by atoms with E-state index in [0.717, 1.165) is 28.1 Å². The number of imidazole rings is 1. The number of ketones is 1. The Hall–Kier alpha value is -2.76. The molecule has 0 unspecified atom stereocenters. The number of aromatic nitrogens is 4. The monoisotopic (exact) mass is 386 g/mol. The summed E-state index contributed by atoms with van der Waals surface area (Å²) in [5.74, 6) is 0.643. The molecule has 3 aromatic heterocycles. The summed E-state index contributed by atoms with van der Waals surface area (Å²) in [7, 11) is 0. The van der Waals surface area contributed by atoms with Crippen LogP contribution in [0.4, 0.5) is 0 Å². The van der Waals surface area contributed by atoms with Crippen LogP contribution in [0, 0.1) is 6.92 Å². The molecule has 4 rings (SSSR count). The number of hydrogen-bond donors (Lipinski definition) is 1. The third-order valence-corrected chi connectivity index (χ3v) is 3.90. The molecule has 3 heterocycles. The maximum absolute atomic E-state index is 12.5. The first kappa shape index (κ1) is 19.6. The maximum atomic E-state index is 12.5. The molecule has 0 spiro atoms. The van der Waals surface area contributed by atoms with E-state index in [2.05, 4.69) is 19.9 Å². The second-order valence-corrected chi connectivity index (χ2v) is 5.50. The Kier molecular flexibility index (Phi) is 6.08. The second-order valence-electron chi connectivity index (χ2n) is 5.50. The predicted octanol–water partition coefficient (Wildman–Crippen LogP) is 4.40. The molecule has 0 saturated heterocycles. The Morgan fingerprint density at radius 1 is 0.962 bits per heavy atom. The SMILES string of the molecule is Cc1ncccc1-c1nc2ccc(C(=O)c3ccccn3)cc2[nH]1.Cl.Cl. The highest BCUT2D eigenvalue weighted by atomic mass is 35.5. The molecular weight excluding hydrogens is 371 g/mol. The zero-order valence-electron chi connectivity index (χ0n) is 13.8.